The highest BCUT2D eigenvalue weighted by molar-refractivity contribution is 5.89. The standard InChI is InChI=1S/C22H33N5O2/c28-21(24-17-5-1-2-6-17)16-11-13-27(14-12-16)20-10-9-19(15-23-20)26-22(29)25-18-7-3-4-8-18/h9-10,15-18H,1-8,11-14H2,(H,24,28)(H2,25,26,29). The Hall–Kier alpha value is -2.31. The summed E-state index contributed by atoms with van der Waals surface area (Å²) in [5.41, 5.74) is 0.704. The van der Waals surface area contributed by atoms with Crippen molar-refractivity contribution in [2.45, 2.75) is 76.3 Å². The molecule has 4 rings (SSSR count). The summed E-state index contributed by atoms with van der Waals surface area (Å²) in [6.07, 6.45) is 12.7. The highest BCUT2D eigenvalue weighted by Gasteiger charge is 2.27. The molecule has 0 radical (unpaired) electrons. The minimum absolute atomic E-state index is 0.118. The second kappa shape index (κ2) is 9.46. The van der Waals surface area contributed by atoms with Gasteiger partial charge in [0.05, 0.1) is 11.9 Å². The summed E-state index contributed by atoms with van der Waals surface area (Å²) < 4.78 is 0. The van der Waals surface area contributed by atoms with Crippen molar-refractivity contribution < 1.29 is 9.59 Å². The molecule has 0 bridgehead atoms. The van der Waals surface area contributed by atoms with E-state index in [4.69, 9.17) is 0 Å². The Bertz CT molecular complexity index is 688. The number of rotatable bonds is 5. The molecule has 158 valence electrons. The van der Waals surface area contributed by atoms with E-state index in [1.165, 1.54) is 25.7 Å². The Morgan fingerprint density at radius 3 is 2.07 bits per heavy atom. The molecule has 1 saturated heterocycles. The third-order valence-electron chi connectivity index (χ3n) is 6.59. The topological polar surface area (TPSA) is 86.4 Å². The highest BCUT2D eigenvalue weighted by atomic mass is 16.2. The van der Waals surface area contributed by atoms with Crippen LogP contribution in [-0.2, 0) is 4.79 Å². The van der Waals surface area contributed by atoms with Crippen LogP contribution < -0.4 is 20.9 Å². The molecule has 3 N–H and O–H groups in total. The van der Waals surface area contributed by atoms with Gasteiger partial charge in [0.25, 0.3) is 0 Å². The lowest BCUT2D eigenvalue weighted by Crippen LogP contribution is -2.43. The van der Waals surface area contributed by atoms with E-state index in [0.29, 0.717) is 17.8 Å². The number of hydrogen-bond acceptors (Lipinski definition) is 4. The molecule has 3 aliphatic rings. The number of pyridine rings is 1. The average molecular weight is 400 g/mol. The minimum atomic E-state index is -0.152. The minimum Gasteiger partial charge on any atom is -0.357 e. The molecule has 0 aromatic carbocycles. The van der Waals surface area contributed by atoms with Crippen LogP contribution in [0.25, 0.3) is 0 Å². The van der Waals surface area contributed by atoms with Gasteiger partial charge in [-0.15, -0.1) is 0 Å². The predicted molar refractivity (Wildman–Crippen MR) is 114 cm³/mol. The number of amides is 3. The molecular formula is C22H33N5O2. The van der Waals surface area contributed by atoms with E-state index < -0.39 is 0 Å². The van der Waals surface area contributed by atoms with Crippen molar-refractivity contribution in [1.82, 2.24) is 15.6 Å². The van der Waals surface area contributed by atoms with Crippen LogP contribution in [0.3, 0.4) is 0 Å². The van der Waals surface area contributed by atoms with Crippen LogP contribution in [0.4, 0.5) is 16.3 Å². The Labute approximate surface area is 173 Å². The van der Waals surface area contributed by atoms with Crippen LogP contribution in [0.15, 0.2) is 18.3 Å². The number of nitrogens with one attached hydrogen (secondary N) is 3. The van der Waals surface area contributed by atoms with E-state index in [0.717, 1.165) is 57.4 Å². The lowest BCUT2D eigenvalue weighted by molar-refractivity contribution is -0.126. The van der Waals surface area contributed by atoms with Crippen LogP contribution in [0.1, 0.15) is 64.2 Å². The molecule has 2 saturated carbocycles. The van der Waals surface area contributed by atoms with Gasteiger partial charge in [0, 0.05) is 31.1 Å². The number of anilines is 2. The Morgan fingerprint density at radius 2 is 1.48 bits per heavy atom. The quantitative estimate of drug-likeness (QED) is 0.708. The van der Waals surface area contributed by atoms with Crippen molar-refractivity contribution in [1.29, 1.82) is 0 Å². The highest BCUT2D eigenvalue weighted by Crippen LogP contribution is 2.24. The third kappa shape index (κ3) is 5.40. The van der Waals surface area contributed by atoms with E-state index in [-0.39, 0.29) is 17.9 Å². The van der Waals surface area contributed by atoms with Crippen LogP contribution in [0, 0.1) is 5.92 Å². The van der Waals surface area contributed by atoms with Crippen molar-refractivity contribution in [3.63, 3.8) is 0 Å². The van der Waals surface area contributed by atoms with Crippen LogP contribution in [-0.4, -0.2) is 42.1 Å². The van der Waals surface area contributed by atoms with Gasteiger partial charge in [-0.1, -0.05) is 25.7 Å². The summed E-state index contributed by atoms with van der Waals surface area (Å²) in [6.45, 7) is 1.68. The van der Waals surface area contributed by atoms with Gasteiger partial charge in [-0.2, -0.15) is 0 Å². The first-order valence-electron chi connectivity index (χ1n) is 11.3. The van der Waals surface area contributed by atoms with Gasteiger partial charge in [0.2, 0.25) is 5.91 Å². The van der Waals surface area contributed by atoms with Crippen molar-refractivity contribution in [3.05, 3.63) is 18.3 Å². The monoisotopic (exact) mass is 399 g/mol. The van der Waals surface area contributed by atoms with Gasteiger partial charge in [-0.05, 0) is 50.7 Å². The first-order valence-corrected chi connectivity index (χ1v) is 11.3. The van der Waals surface area contributed by atoms with Crippen LogP contribution >= 0.6 is 0 Å². The molecule has 0 atom stereocenters. The number of piperidine rings is 1. The summed E-state index contributed by atoms with van der Waals surface area (Å²) in [5.74, 6) is 1.26. The first kappa shape index (κ1) is 20.0. The molecule has 0 spiro atoms. The van der Waals surface area contributed by atoms with E-state index in [1.807, 2.05) is 12.1 Å². The van der Waals surface area contributed by atoms with Gasteiger partial charge in [-0.25, -0.2) is 9.78 Å². The van der Waals surface area contributed by atoms with Crippen molar-refractivity contribution in [2.24, 2.45) is 5.92 Å². The maximum atomic E-state index is 12.5. The third-order valence-corrected chi connectivity index (χ3v) is 6.59. The maximum absolute atomic E-state index is 12.5. The normalized spacial score (nSPS) is 21.3. The van der Waals surface area contributed by atoms with Gasteiger partial charge in [-0.3, -0.25) is 4.79 Å². The molecule has 2 aliphatic carbocycles. The fourth-order valence-electron chi connectivity index (χ4n) is 4.83. The van der Waals surface area contributed by atoms with Crippen molar-refractivity contribution in [3.8, 4) is 0 Å². The Morgan fingerprint density at radius 1 is 0.862 bits per heavy atom. The number of carbonyl (C=O) groups excluding carboxylic acids is 2. The van der Waals surface area contributed by atoms with E-state index in [9.17, 15) is 9.59 Å². The van der Waals surface area contributed by atoms with Gasteiger partial charge >= 0.3 is 6.03 Å². The molecule has 29 heavy (non-hydrogen) atoms. The number of carbonyl (C=O) groups is 2. The van der Waals surface area contributed by atoms with Gasteiger partial charge < -0.3 is 20.9 Å². The second-order valence-electron chi connectivity index (χ2n) is 8.74. The number of hydrogen-bond donors (Lipinski definition) is 3. The smallest absolute Gasteiger partial charge is 0.319 e. The molecule has 0 unspecified atom stereocenters. The van der Waals surface area contributed by atoms with E-state index in [1.54, 1.807) is 6.20 Å². The van der Waals surface area contributed by atoms with E-state index >= 15 is 0 Å². The van der Waals surface area contributed by atoms with Gasteiger partial charge in [0.15, 0.2) is 0 Å². The second-order valence-corrected chi connectivity index (χ2v) is 8.74. The summed E-state index contributed by atoms with van der Waals surface area (Å²) in [4.78, 5) is 31.3. The molecule has 1 aliphatic heterocycles. The lowest BCUT2D eigenvalue weighted by atomic mass is 9.95. The number of aromatic nitrogens is 1. The number of urea groups is 1. The fourth-order valence-corrected chi connectivity index (χ4v) is 4.83. The lowest BCUT2D eigenvalue weighted by Gasteiger charge is -2.32. The predicted octanol–water partition coefficient (Wildman–Crippen LogP) is 3.42. The summed E-state index contributed by atoms with van der Waals surface area (Å²) >= 11 is 0. The van der Waals surface area contributed by atoms with Crippen molar-refractivity contribution >= 4 is 23.4 Å². The Balaban J connectivity index is 1.22. The number of nitrogens with zero attached hydrogens (tertiary/aromatic N) is 2. The zero-order valence-electron chi connectivity index (χ0n) is 17.2. The molecule has 3 amide bonds. The molecular weight excluding hydrogens is 366 g/mol. The molecule has 2 heterocycles. The SMILES string of the molecule is O=C(Nc1ccc(N2CCC(C(=O)NC3CCCC3)CC2)nc1)NC1CCCC1. The van der Waals surface area contributed by atoms with Crippen LogP contribution in [0.2, 0.25) is 0 Å². The van der Waals surface area contributed by atoms with Crippen molar-refractivity contribution in [2.75, 3.05) is 23.3 Å². The molecule has 1 aromatic rings. The zero-order chi connectivity index (χ0) is 20.1. The average Bonchev–Trinajstić information content (AvgIpc) is 3.43. The van der Waals surface area contributed by atoms with E-state index in [2.05, 4.69) is 25.8 Å². The molecule has 3 fully saturated rings. The molecule has 1 aromatic heterocycles. The molecule has 7 nitrogen and oxygen atoms in total. The van der Waals surface area contributed by atoms with Crippen LogP contribution in [0.5, 0.6) is 0 Å². The van der Waals surface area contributed by atoms with Gasteiger partial charge in [0.1, 0.15) is 5.82 Å². The first-order chi connectivity index (χ1) is 14.2. The zero-order valence-corrected chi connectivity index (χ0v) is 17.2. The summed E-state index contributed by atoms with van der Waals surface area (Å²) in [6, 6.07) is 4.39. The largest absolute Gasteiger partial charge is 0.357 e. The molecule has 7 heteroatoms. The summed E-state index contributed by atoms with van der Waals surface area (Å²) in [5, 5.41) is 9.13. The summed E-state index contributed by atoms with van der Waals surface area (Å²) in [7, 11) is 0. The fraction of sp³-hybridized carbons (Fsp3) is 0.682. The Kier molecular flexibility index (Phi) is 6.52. The maximum Gasteiger partial charge on any atom is 0.319 e.